The maximum atomic E-state index is 11.3. The van der Waals surface area contributed by atoms with Crippen molar-refractivity contribution in [2.24, 2.45) is 0 Å². The molecule has 1 aromatic rings. The van der Waals surface area contributed by atoms with Crippen LogP contribution in [-0.4, -0.2) is 37.9 Å². The van der Waals surface area contributed by atoms with Crippen molar-refractivity contribution in [3.05, 3.63) is 28.2 Å². The summed E-state index contributed by atoms with van der Waals surface area (Å²) in [7, 11) is -2.79. The second-order valence-corrected chi connectivity index (χ2v) is 7.44. The fraction of sp³-hybridized carbons (Fsp3) is 0.455. The summed E-state index contributed by atoms with van der Waals surface area (Å²) in [6, 6.07) is 5.82. The summed E-state index contributed by atoms with van der Waals surface area (Å²) >= 11 is 3.39. The van der Waals surface area contributed by atoms with Crippen molar-refractivity contribution in [2.75, 3.05) is 30.3 Å². The Kier molecular flexibility index (Phi) is 3.75. The van der Waals surface area contributed by atoms with E-state index < -0.39 is 9.84 Å². The lowest BCUT2D eigenvalue weighted by molar-refractivity contribution is 0.287. The molecule has 1 aromatic carbocycles. The third kappa shape index (κ3) is 3.43. The molecule has 0 atom stereocenters. The zero-order valence-corrected chi connectivity index (χ0v) is 11.8. The fourth-order valence-electron chi connectivity index (χ4n) is 1.84. The van der Waals surface area contributed by atoms with Gasteiger partial charge in [-0.2, -0.15) is 0 Å². The van der Waals surface area contributed by atoms with E-state index in [1.54, 1.807) is 0 Å². The predicted molar refractivity (Wildman–Crippen MR) is 72.5 cm³/mol. The molecule has 94 valence electrons. The zero-order valence-electron chi connectivity index (χ0n) is 9.39. The maximum absolute atomic E-state index is 11.3. The van der Waals surface area contributed by atoms with Crippen molar-refractivity contribution in [1.29, 1.82) is 0 Å². The van der Waals surface area contributed by atoms with Gasteiger partial charge in [0, 0.05) is 29.8 Å². The smallest absolute Gasteiger partial charge is 0.152 e. The Balaban J connectivity index is 2.00. The van der Waals surface area contributed by atoms with Crippen LogP contribution in [0.1, 0.15) is 5.56 Å². The number of nitrogens with zero attached hydrogens (tertiary/aromatic N) is 1. The minimum atomic E-state index is -2.79. The Hall–Kier alpha value is -0.590. The summed E-state index contributed by atoms with van der Waals surface area (Å²) < 4.78 is 23.5. The van der Waals surface area contributed by atoms with Gasteiger partial charge in [0.25, 0.3) is 0 Å². The monoisotopic (exact) mass is 318 g/mol. The van der Waals surface area contributed by atoms with Crippen LogP contribution < -0.4 is 5.73 Å². The lowest BCUT2D eigenvalue weighted by Crippen LogP contribution is -2.39. The van der Waals surface area contributed by atoms with Crippen LogP contribution in [0.5, 0.6) is 0 Å². The van der Waals surface area contributed by atoms with Crippen LogP contribution in [0.2, 0.25) is 0 Å². The SMILES string of the molecule is Nc1ccc(CN2CCS(=O)(=O)CC2)cc1Br. The number of sulfone groups is 1. The molecule has 0 unspecified atom stereocenters. The largest absolute Gasteiger partial charge is 0.398 e. The number of anilines is 1. The molecule has 2 rings (SSSR count). The topological polar surface area (TPSA) is 63.4 Å². The first-order valence-electron chi connectivity index (χ1n) is 5.43. The summed E-state index contributed by atoms with van der Waals surface area (Å²) in [6.07, 6.45) is 0. The summed E-state index contributed by atoms with van der Waals surface area (Å²) in [5, 5.41) is 0. The van der Waals surface area contributed by atoms with Crippen molar-refractivity contribution >= 4 is 31.5 Å². The number of nitrogen functional groups attached to an aromatic ring is 1. The van der Waals surface area contributed by atoms with Crippen LogP contribution >= 0.6 is 15.9 Å². The highest BCUT2D eigenvalue weighted by Gasteiger charge is 2.21. The Morgan fingerprint density at radius 1 is 1.29 bits per heavy atom. The molecule has 0 radical (unpaired) electrons. The molecule has 4 nitrogen and oxygen atoms in total. The standard InChI is InChI=1S/C11H15BrN2O2S/c12-10-7-9(1-2-11(10)13)8-14-3-5-17(15,16)6-4-14/h1-2,7H,3-6,8,13H2. The number of hydrogen-bond acceptors (Lipinski definition) is 4. The molecule has 0 aliphatic carbocycles. The predicted octanol–water partition coefficient (Wildman–Crippen LogP) is 1.26. The number of benzene rings is 1. The highest BCUT2D eigenvalue weighted by atomic mass is 79.9. The summed E-state index contributed by atoms with van der Waals surface area (Å²) in [6.45, 7) is 2.00. The van der Waals surface area contributed by atoms with E-state index in [2.05, 4.69) is 20.8 Å². The van der Waals surface area contributed by atoms with E-state index in [1.165, 1.54) is 0 Å². The summed E-state index contributed by atoms with van der Waals surface area (Å²) in [5.74, 6) is 0.534. The van der Waals surface area contributed by atoms with E-state index in [-0.39, 0.29) is 11.5 Å². The van der Waals surface area contributed by atoms with Crippen LogP contribution in [0.25, 0.3) is 0 Å². The molecule has 1 fully saturated rings. The molecule has 17 heavy (non-hydrogen) atoms. The average Bonchev–Trinajstić information content (AvgIpc) is 2.27. The maximum Gasteiger partial charge on any atom is 0.152 e. The Morgan fingerprint density at radius 3 is 2.53 bits per heavy atom. The molecule has 1 aliphatic rings. The van der Waals surface area contributed by atoms with Crippen LogP contribution in [0.3, 0.4) is 0 Å². The molecule has 1 heterocycles. The quantitative estimate of drug-likeness (QED) is 0.834. The van der Waals surface area contributed by atoms with E-state index >= 15 is 0 Å². The summed E-state index contributed by atoms with van der Waals surface area (Å²) in [4.78, 5) is 2.15. The van der Waals surface area contributed by atoms with Crippen molar-refractivity contribution in [3.8, 4) is 0 Å². The van der Waals surface area contributed by atoms with Gasteiger partial charge in [-0.25, -0.2) is 8.42 Å². The highest BCUT2D eigenvalue weighted by Crippen LogP contribution is 2.21. The molecular weight excluding hydrogens is 304 g/mol. The number of nitrogens with two attached hydrogens (primary N) is 1. The minimum Gasteiger partial charge on any atom is -0.398 e. The first kappa shape index (κ1) is 12.9. The van der Waals surface area contributed by atoms with Crippen molar-refractivity contribution in [3.63, 3.8) is 0 Å². The Morgan fingerprint density at radius 2 is 1.94 bits per heavy atom. The molecule has 6 heteroatoms. The van der Waals surface area contributed by atoms with Gasteiger partial charge < -0.3 is 5.73 Å². The third-order valence-corrected chi connectivity index (χ3v) is 5.20. The average molecular weight is 319 g/mol. The molecule has 1 saturated heterocycles. The van der Waals surface area contributed by atoms with Gasteiger partial charge in [-0.05, 0) is 33.6 Å². The van der Waals surface area contributed by atoms with E-state index in [9.17, 15) is 8.42 Å². The van der Waals surface area contributed by atoms with Crippen molar-refractivity contribution < 1.29 is 8.42 Å². The number of hydrogen-bond donors (Lipinski definition) is 1. The minimum absolute atomic E-state index is 0.267. The second-order valence-electron chi connectivity index (χ2n) is 4.28. The van der Waals surface area contributed by atoms with Crippen LogP contribution in [0.4, 0.5) is 5.69 Å². The first-order valence-corrected chi connectivity index (χ1v) is 8.04. The van der Waals surface area contributed by atoms with Gasteiger partial charge in [-0.1, -0.05) is 6.07 Å². The van der Waals surface area contributed by atoms with E-state index in [0.29, 0.717) is 13.1 Å². The van der Waals surface area contributed by atoms with E-state index in [1.807, 2.05) is 18.2 Å². The normalized spacial score (nSPS) is 20.3. The molecule has 0 saturated carbocycles. The van der Waals surface area contributed by atoms with E-state index in [0.717, 1.165) is 22.3 Å². The Bertz CT molecular complexity index is 502. The highest BCUT2D eigenvalue weighted by molar-refractivity contribution is 9.10. The van der Waals surface area contributed by atoms with Gasteiger partial charge in [-0.15, -0.1) is 0 Å². The molecule has 0 amide bonds. The molecule has 1 aliphatic heterocycles. The van der Waals surface area contributed by atoms with Gasteiger partial charge in [-0.3, -0.25) is 4.90 Å². The van der Waals surface area contributed by atoms with Crippen LogP contribution in [-0.2, 0) is 16.4 Å². The van der Waals surface area contributed by atoms with Gasteiger partial charge in [0.1, 0.15) is 0 Å². The molecular formula is C11H15BrN2O2S. The number of halogens is 1. The van der Waals surface area contributed by atoms with Gasteiger partial charge in [0.15, 0.2) is 9.84 Å². The first-order chi connectivity index (χ1) is 7.96. The van der Waals surface area contributed by atoms with Gasteiger partial charge in [0.2, 0.25) is 0 Å². The molecule has 0 bridgehead atoms. The third-order valence-electron chi connectivity index (χ3n) is 2.91. The fourth-order valence-corrected chi connectivity index (χ4v) is 3.54. The lowest BCUT2D eigenvalue weighted by Gasteiger charge is -2.26. The van der Waals surface area contributed by atoms with Crippen molar-refractivity contribution in [2.45, 2.75) is 6.54 Å². The van der Waals surface area contributed by atoms with Crippen molar-refractivity contribution in [1.82, 2.24) is 4.90 Å². The molecule has 0 aromatic heterocycles. The lowest BCUT2D eigenvalue weighted by atomic mass is 10.2. The van der Waals surface area contributed by atoms with Gasteiger partial charge >= 0.3 is 0 Å². The molecule has 2 N–H and O–H groups in total. The number of rotatable bonds is 2. The second kappa shape index (κ2) is 4.96. The van der Waals surface area contributed by atoms with Crippen LogP contribution in [0.15, 0.2) is 22.7 Å². The van der Waals surface area contributed by atoms with E-state index in [4.69, 9.17) is 5.73 Å². The summed E-state index contributed by atoms with van der Waals surface area (Å²) in [5.41, 5.74) is 7.58. The molecule has 0 spiro atoms. The zero-order chi connectivity index (χ0) is 12.5. The van der Waals surface area contributed by atoms with Crippen LogP contribution in [0, 0.1) is 0 Å². The van der Waals surface area contributed by atoms with Gasteiger partial charge in [0.05, 0.1) is 11.5 Å². The Labute approximate surface area is 110 Å².